The van der Waals surface area contributed by atoms with E-state index in [9.17, 15) is 4.79 Å². The normalized spacial score (nSPS) is 11.3. The first-order valence-corrected chi connectivity index (χ1v) is 3.70. The molecule has 4 heteroatoms. The molecule has 0 amide bonds. The number of carbonyl (C=O) groups excluding carboxylic acids is 1. The third kappa shape index (κ3) is 4.65. The zero-order valence-corrected chi connectivity index (χ0v) is 7.08. The van der Waals surface area contributed by atoms with E-state index in [0.717, 1.165) is 6.08 Å². The van der Waals surface area contributed by atoms with Gasteiger partial charge in [0.25, 0.3) is 0 Å². The van der Waals surface area contributed by atoms with Crippen LogP contribution in [-0.4, -0.2) is 18.5 Å². The van der Waals surface area contributed by atoms with Gasteiger partial charge in [0.15, 0.2) is 0 Å². The summed E-state index contributed by atoms with van der Waals surface area (Å²) in [6.07, 6.45) is 1.16. The highest BCUT2D eigenvalue weighted by atomic mass is 35.5. The van der Waals surface area contributed by atoms with Crippen molar-refractivity contribution in [1.29, 1.82) is 0 Å². The molecular weight excluding hydrogens is 175 g/mol. The monoisotopic (exact) mass is 182 g/mol. The van der Waals surface area contributed by atoms with E-state index >= 15 is 0 Å². The van der Waals surface area contributed by atoms with Crippen molar-refractivity contribution in [3.8, 4) is 0 Å². The van der Waals surface area contributed by atoms with E-state index in [4.69, 9.17) is 23.2 Å². The van der Waals surface area contributed by atoms with Crippen LogP contribution in [0.5, 0.6) is 0 Å². The van der Waals surface area contributed by atoms with Crippen LogP contribution < -0.4 is 0 Å². The highest BCUT2D eigenvalue weighted by Gasteiger charge is 1.96. The summed E-state index contributed by atoms with van der Waals surface area (Å²) in [5, 5.41) is 0.292. The Bertz CT molecular complexity index is 143. The number of esters is 1. The zero-order chi connectivity index (χ0) is 7.98. The fourth-order valence-corrected chi connectivity index (χ4v) is 0.517. The van der Waals surface area contributed by atoms with Crippen LogP contribution in [0, 0.1) is 0 Å². The molecule has 0 aromatic rings. The van der Waals surface area contributed by atoms with Gasteiger partial charge in [0, 0.05) is 11.1 Å². The maximum Gasteiger partial charge on any atom is 0.331 e. The summed E-state index contributed by atoms with van der Waals surface area (Å²) >= 11 is 10.7. The van der Waals surface area contributed by atoms with Crippen molar-refractivity contribution in [2.45, 2.75) is 6.92 Å². The van der Waals surface area contributed by atoms with E-state index in [1.807, 2.05) is 0 Å². The van der Waals surface area contributed by atoms with Crippen molar-refractivity contribution in [3.05, 3.63) is 11.1 Å². The molecule has 10 heavy (non-hydrogen) atoms. The molecule has 0 aromatic heterocycles. The molecule has 0 fully saturated rings. The van der Waals surface area contributed by atoms with Crippen molar-refractivity contribution in [2.75, 3.05) is 12.5 Å². The Balaban J connectivity index is 3.75. The Kier molecular flexibility index (Phi) is 5.45. The van der Waals surface area contributed by atoms with Crippen LogP contribution in [0.25, 0.3) is 0 Å². The van der Waals surface area contributed by atoms with Crippen LogP contribution in [-0.2, 0) is 9.53 Å². The van der Waals surface area contributed by atoms with Gasteiger partial charge < -0.3 is 4.74 Å². The molecular formula is C6H8Cl2O2. The molecule has 0 unspecified atom stereocenters. The second-order valence-electron chi connectivity index (χ2n) is 1.48. The smallest absolute Gasteiger partial charge is 0.331 e. The van der Waals surface area contributed by atoms with E-state index in [-0.39, 0.29) is 5.88 Å². The summed E-state index contributed by atoms with van der Waals surface area (Å²) in [7, 11) is 0. The number of carbonyl (C=O) groups is 1. The molecule has 0 saturated carbocycles. The topological polar surface area (TPSA) is 26.3 Å². The van der Waals surface area contributed by atoms with Crippen LogP contribution in [0.15, 0.2) is 11.1 Å². The molecule has 0 aromatic carbocycles. The van der Waals surface area contributed by atoms with E-state index in [0.29, 0.717) is 11.6 Å². The Morgan fingerprint density at radius 2 is 2.30 bits per heavy atom. The minimum atomic E-state index is -0.451. The lowest BCUT2D eigenvalue weighted by atomic mass is 10.5. The number of hydrogen-bond donors (Lipinski definition) is 0. The lowest BCUT2D eigenvalue weighted by Crippen LogP contribution is -1.99. The zero-order valence-electron chi connectivity index (χ0n) is 5.56. The first-order chi connectivity index (χ1) is 4.70. The van der Waals surface area contributed by atoms with Crippen LogP contribution in [0.2, 0.25) is 0 Å². The predicted octanol–water partition coefficient (Wildman–Crippen LogP) is 1.91. The average molecular weight is 183 g/mol. The van der Waals surface area contributed by atoms with Gasteiger partial charge in [0.05, 0.1) is 12.5 Å². The molecule has 0 spiro atoms. The van der Waals surface area contributed by atoms with E-state index < -0.39 is 5.97 Å². The fraction of sp³-hybridized carbons (Fsp3) is 0.500. The minimum absolute atomic E-state index is 0.139. The number of allylic oxidation sites excluding steroid dienone is 1. The third-order valence-corrected chi connectivity index (χ3v) is 1.36. The lowest BCUT2D eigenvalue weighted by molar-refractivity contribution is -0.137. The summed E-state index contributed by atoms with van der Waals surface area (Å²) < 4.78 is 4.56. The highest BCUT2D eigenvalue weighted by Crippen LogP contribution is 2.02. The molecule has 0 N–H and O–H groups in total. The Hall–Kier alpha value is -0.210. The average Bonchev–Trinajstić information content (AvgIpc) is 1.88. The number of alkyl halides is 1. The van der Waals surface area contributed by atoms with Gasteiger partial charge in [-0.25, -0.2) is 4.79 Å². The SMILES string of the molecule is CCOC(=O)/C=C(/Cl)CCl. The minimum Gasteiger partial charge on any atom is -0.463 e. The molecule has 58 valence electrons. The van der Waals surface area contributed by atoms with Gasteiger partial charge in [0.1, 0.15) is 0 Å². The molecule has 0 heterocycles. The van der Waals surface area contributed by atoms with Gasteiger partial charge in [-0.1, -0.05) is 11.6 Å². The predicted molar refractivity (Wildman–Crippen MR) is 41.3 cm³/mol. The van der Waals surface area contributed by atoms with Crippen LogP contribution in [0.3, 0.4) is 0 Å². The van der Waals surface area contributed by atoms with Crippen LogP contribution >= 0.6 is 23.2 Å². The maximum absolute atomic E-state index is 10.6. The molecule has 0 aliphatic carbocycles. The lowest BCUT2D eigenvalue weighted by Gasteiger charge is -1.94. The number of halogens is 2. The van der Waals surface area contributed by atoms with Gasteiger partial charge in [-0.15, -0.1) is 11.6 Å². The summed E-state index contributed by atoms with van der Waals surface area (Å²) in [6.45, 7) is 2.07. The van der Waals surface area contributed by atoms with Crippen molar-refractivity contribution in [3.63, 3.8) is 0 Å². The highest BCUT2D eigenvalue weighted by molar-refractivity contribution is 6.36. The van der Waals surface area contributed by atoms with Gasteiger partial charge in [-0.3, -0.25) is 0 Å². The molecule has 0 radical (unpaired) electrons. The summed E-state index contributed by atoms with van der Waals surface area (Å²) in [4.78, 5) is 10.6. The Labute approximate surface area is 69.8 Å². The van der Waals surface area contributed by atoms with Gasteiger partial charge in [-0.2, -0.15) is 0 Å². The van der Waals surface area contributed by atoms with E-state index in [1.54, 1.807) is 6.92 Å². The van der Waals surface area contributed by atoms with Gasteiger partial charge in [-0.05, 0) is 6.92 Å². The molecule has 0 bridgehead atoms. The van der Waals surface area contributed by atoms with E-state index in [2.05, 4.69) is 4.74 Å². The molecule has 0 aliphatic heterocycles. The van der Waals surface area contributed by atoms with Crippen LogP contribution in [0.1, 0.15) is 6.92 Å². The van der Waals surface area contributed by atoms with Crippen molar-refractivity contribution in [1.82, 2.24) is 0 Å². The Morgan fingerprint density at radius 1 is 1.70 bits per heavy atom. The number of rotatable bonds is 3. The molecule has 0 saturated heterocycles. The molecule has 0 aliphatic rings. The van der Waals surface area contributed by atoms with Crippen LogP contribution in [0.4, 0.5) is 0 Å². The maximum atomic E-state index is 10.6. The van der Waals surface area contributed by atoms with Crippen molar-refractivity contribution < 1.29 is 9.53 Å². The third-order valence-electron chi connectivity index (χ3n) is 0.689. The largest absolute Gasteiger partial charge is 0.463 e. The summed E-state index contributed by atoms with van der Waals surface area (Å²) in [5.41, 5.74) is 0. The molecule has 2 nitrogen and oxygen atoms in total. The van der Waals surface area contributed by atoms with Gasteiger partial charge >= 0.3 is 5.97 Å². The van der Waals surface area contributed by atoms with Crippen molar-refractivity contribution in [2.24, 2.45) is 0 Å². The fourth-order valence-electron chi connectivity index (χ4n) is 0.350. The van der Waals surface area contributed by atoms with Gasteiger partial charge in [0.2, 0.25) is 0 Å². The molecule has 0 rings (SSSR count). The molecule has 0 atom stereocenters. The first-order valence-electron chi connectivity index (χ1n) is 2.79. The number of hydrogen-bond acceptors (Lipinski definition) is 2. The standard InChI is InChI=1S/C6H8Cl2O2/c1-2-10-6(9)3-5(8)4-7/h3H,2,4H2,1H3/b5-3+. The summed E-state index contributed by atoms with van der Waals surface area (Å²) in [5.74, 6) is -0.312. The second-order valence-corrected chi connectivity index (χ2v) is 2.23. The number of ether oxygens (including phenoxy) is 1. The second kappa shape index (κ2) is 5.57. The van der Waals surface area contributed by atoms with E-state index in [1.165, 1.54) is 0 Å². The summed E-state index contributed by atoms with van der Waals surface area (Å²) in [6, 6.07) is 0. The quantitative estimate of drug-likeness (QED) is 0.379. The van der Waals surface area contributed by atoms with Crippen molar-refractivity contribution >= 4 is 29.2 Å². The Morgan fingerprint density at radius 3 is 2.70 bits per heavy atom. The first kappa shape index (κ1) is 9.79.